The van der Waals surface area contributed by atoms with Crippen molar-refractivity contribution in [2.75, 3.05) is 26.9 Å². The molecule has 5 unspecified atom stereocenters. The van der Waals surface area contributed by atoms with Crippen molar-refractivity contribution < 1.29 is 74.1 Å². The second-order valence-electron chi connectivity index (χ2n) is 10.1. The number of phenolic OH excluding ortho intramolecular Hbond substituents is 3. The molecule has 43 heavy (non-hydrogen) atoms. The van der Waals surface area contributed by atoms with E-state index >= 15 is 0 Å². The number of aliphatic hydroxyl groups excluding tert-OH is 5. The lowest BCUT2D eigenvalue weighted by atomic mass is 9.98. The second kappa shape index (κ2) is 11.8. The third kappa shape index (κ3) is 5.44. The van der Waals surface area contributed by atoms with E-state index in [4.69, 9.17) is 28.1 Å². The largest absolute Gasteiger partial charge is 0.508 e. The monoisotopic (exact) mass is 610 g/mol. The van der Waals surface area contributed by atoms with Crippen LogP contribution in [0.5, 0.6) is 28.7 Å². The molecule has 16 heteroatoms. The minimum atomic E-state index is -2.11. The first-order valence-corrected chi connectivity index (χ1v) is 12.9. The molecule has 0 amide bonds. The fourth-order valence-electron chi connectivity index (χ4n) is 4.86. The van der Waals surface area contributed by atoms with Crippen LogP contribution in [0.4, 0.5) is 0 Å². The molecular formula is C27H30O16. The van der Waals surface area contributed by atoms with Gasteiger partial charge in [0.15, 0.2) is 29.7 Å². The van der Waals surface area contributed by atoms with Gasteiger partial charge in [0.1, 0.15) is 52.5 Å². The SMILES string of the molecule is COc1cc(-c2oc3cc(O)cc(O)c3c(=O)c2OC2OC(CO)C(O)C(O)C2O[C@@H]2OC[C@](O)(CO)[C@H]2O)ccc1O. The van der Waals surface area contributed by atoms with Crippen LogP contribution < -0.4 is 14.9 Å². The smallest absolute Gasteiger partial charge is 0.239 e. The molecule has 9 N–H and O–H groups in total. The van der Waals surface area contributed by atoms with E-state index in [1.54, 1.807) is 0 Å². The number of benzene rings is 2. The molecule has 2 fully saturated rings. The molecule has 0 spiro atoms. The van der Waals surface area contributed by atoms with E-state index in [9.17, 15) is 50.8 Å². The van der Waals surface area contributed by atoms with Crippen LogP contribution in [0.1, 0.15) is 0 Å². The van der Waals surface area contributed by atoms with Crippen LogP contribution in [0, 0.1) is 0 Å². The molecule has 1 aromatic heterocycles. The van der Waals surface area contributed by atoms with Crippen molar-refractivity contribution in [3.8, 4) is 40.1 Å². The highest BCUT2D eigenvalue weighted by Gasteiger charge is 2.53. The van der Waals surface area contributed by atoms with Crippen LogP contribution in [-0.2, 0) is 14.2 Å². The highest BCUT2D eigenvalue weighted by molar-refractivity contribution is 5.88. The quantitative estimate of drug-likeness (QED) is 0.137. The van der Waals surface area contributed by atoms with Crippen LogP contribution in [0.2, 0.25) is 0 Å². The number of rotatable bonds is 8. The fraction of sp³-hybridized carbons (Fsp3) is 0.444. The number of fused-ring (bicyclic) bond motifs is 1. The van der Waals surface area contributed by atoms with E-state index in [0.29, 0.717) is 0 Å². The summed E-state index contributed by atoms with van der Waals surface area (Å²) in [6.07, 6.45) is -12.2. The van der Waals surface area contributed by atoms with Gasteiger partial charge in [-0.05, 0) is 18.2 Å². The summed E-state index contributed by atoms with van der Waals surface area (Å²) in [5.74, 6) is -2.34. The van der Waals surface area contributed by atoms with Crippen molar-refractivity contribution in [1.29, 1.82) is 0 Å². The molecule has 3 heterocycles. The minimum absolute atomic E-state index is 0.0253. The van der Waals surface area contributed by atoms with E-state index < -0.39 is 96.6 Å². The zero-order valence-electron chi connectivity index (χ0n) is 22.4. The zero-order valence-corrected chi connectivity index (χ0v) is 22.4. The van der Waals surface area contributed by atoms with Gasteiger partial charge in [-0.2, -0.15) is 0 Å². The van der Waals surface area contributed by atoms with Crippen molar-refractivity contribution in [1.82, 2.24) is 0 Å². The first kappa shape index (κ1) is 30.7. The Morgan fingerprint density at radius 2 is 1.74 bits per heavy atom. The van der Waals surface area contributed by atoms with Crippen molar-refractivity contribution >= 4 is 11.0 Å². The Kier molecular flexibility index (Phi) is 8.41. The van der Waals surface area contributed by atoms with Crippen LogP contribution in [0.25, 0.3) is 22.3 Å². The standard InChI is InChI=1S/C27H30O16/c1-38-14-4-10(2-3-12(14)31)21-22(19(34)17-13(32)5-11(30)6-15(17)40-21)42-25-23(20(35)18(33)16(7-28)41-25)43-26-24(36)27(37,8-29)9-39-26/h2-6,16,18,20,23-26,28-33,35-37H,7-9H2,1H3/t16?,18?,20?,23?,24-,25?,26-,27+/m0/s1. The highest BCUT2D eigenvalue weighted by atomic mass is 16.8. The third-order valence-electron chi connectivity index (χ3n) is 7.29. The topological polar surface area (TPSA) is 258 Å². The van der Waals surface area contributed by atoms with Crippen molar-refractivity contribution in [2.45, 2.75) is 48.7 Å². The maximum Gasteiger partial charge on any atom is 0.239 e. The van der Waals surface area contributed by atoms with Gasteiger partial charge in [0, 0.05) is 17.7 Å². The predicted octanol–water partition coefficient (Wildman–Crippen LogP) is -1.77. The van der Waals surface area contributed by atoms with Gasteiger partial charge in [0.2, 0.25) is 17.5 Å². The van der Waals surface area contributed by atoms with Crippen LogP contribution in [0.15, 0.2) is 39.5 Å². The van der Waals surface area contributed by atoms with Gasteiger partial charge in [-0.3, -0.25) is 4.79 Å². The molecule has 0 aliphatic carbocycles. The van der Waals surface area contributed by atoms with Crippen molar-refractivity contribution in [3.05, 3.63) is 40.6 Å². The first-order chi connectivity index (χ1) is 20.4. The average Bonchev–Trinajstić information content (AvgIpc) is 3.26. The average molecular weight is 611 g/mol. The molecule has 0 bridgehead atoms. The van der Waals surface area contributed by atoms with E-state index in [1.807, 2.05) is 0 Å². The Bertz CT molecular complexity index is 1540. The molecule has 16 nitrogen and oxygen atoms in total. The Morgan fingerprint density at radius 3 is 2.40 bits per heavy atom. The fourth-order valence-corrected chi connectivity index (χ4v) is 4.86. The molecule has 2 saturated heterocycles. The number of aliphatic hydroxyl groups is 6. The lowest BCUT2D eigenvalue weighted by molar-refractivity contribution is -0.319. The summed E-state index contributed by atoms with van der Waals surface area (Å²) < 4.78 is 33.4. The van der Waals surface area contributed by atoms with Gasteiger partial charge in [0.25, 0.3) is 0 Å². The van der Waals surface area contributed by atoms with Gasteiger partial charge in [0.05, 0.1) is 26.9 Å². The lowest BCUT2D eigenvalue weighted by Crippen LogP contribution is -2.62. The van der Waals surface area contributed by atoms with Gasteiger partial charge >= 0.3 is 0 Å². The number of ether oxygens (including phenoxy) is 5. The molecule has 3 aromatic rings. The summed E-state index contributed by atoms with van der Waals surface area (Å²) in [5.41, 5.74) is -3.26. The highest BCUT2D eigenvalue weighted by Crippen LogP contribution is 2.40. The third-order valence-corrected chi connectivity index (χ3v) is 7.29. The van der Waals surface area contributed by atoms with Crippen LogP contribution in [-0.4, -0.2) is 122 Å². The Hall–Kier alpha value is -3.71. The number of phenols is 3. The maximum atomic E-state index is 13.8. The first-order valence-electron chi connectivity index (χ1n) is 12.9. The lowest BCUT2D eigenvalue weighted by Gasteiger charge is -2.42. The summed E-state index contributed by atoms with van der Waals surface area (Å²) in [5, 5.41) is 91.6. The molecule has 234 valence electrons. The summed E-state index contributed by atoms with van der Waals surface area (Å²) in [6.45, 7) is -2.27. The van der Waals surface area contributed by atoms with Gasteiger partial charge in [-0.1, -0.05) is 0 Å². The molecule has 2 aliphatic heterocycles. The number of methoxy groups -OCH3 is 1. The molecular weight excluding hydrogens is 580 g/mol. The molecule has 0 radical (unpaired) electrons. The molecule has 2 aromatic carbocycles. The van der Waals surface area contributed by atoms with E-state index in [-0.39, 0.29) is 28.4 Å². The van der Waals surface area contributed by atoms with Crippen molar-refractivity contribution in [3.63, 3.8) is 0 Å². The van der Waals surface area contributed by atoms with E-state index in [2.05, 4.69) is 0 Å². The minimum Gasteiger partial charge on any atom is -0.508 e. The zero-order chi connectivity index (χ0) is 31.2. The normalized spacial score (nSPS) is 30.9. The number of aromatic hydroxyl groups is 3. The summed E-state index contributed by atoms with van der Waals surface area (Å²) in [7, 11) is 1.28. The molecule has 5 rings (SSSR count). The summed E-state index contributed by atoms with van der Waals surface area (Å²) in [4.78, 5) is 13.8. The number of hydrogen-bond acceptors (Lipinski definition) is 16. The van der Waals surface area contributed by atoms with Crippen molar-refractivity contribution in [2.24, 2.45) is 0 Å². The van der Waals surface area contributed by atoms with Crippen LogP contribution in [0.3, 0.4) is 0 Å². The van der Waals surface area contributed by atoms with Gasteiger partial charge in [-0.25, -0.2) is 0 Å². The van der Waals surface area contributed by atoms with E-state index in [1.165, 1.54) is 25.3 Å². The second-order valence-corrected chi connectivity index (χ2v) is 10.1. The Labute approximate surface area is 241 Å². The summed E-state index contributed by atoms with van der Waals surface area (Å²) >= 11 is 0. The predicted molar refractivity (Wildman–Crippen MR) is 141 cm³/mol. The summed E-state index contributed by atoms with van der Waals surface area (Å²) in [6, 6.07) is 5.80. The van der Waals surface area contributed by atoms with Gasteiger partial charge < -0.3 is 74.1 Å². The van der Waals surface area contributed by atoms with Crippen LogP contribution >= 0.6 is 0 Å². The van der Waals surface area contributed by atoms with E-state index in [0.717, 1.165) is 12.1 Å². The molecule has 2 aliphatic rings. The molecule has 8 atom stereocenters. The van der Waals surface area contributed by atoms with Gasteiger partial charge in [-0.15, -0.1) is 0 Å². The Balaban J connectivity index is 1.63. The Morgan fingerprint density at radius 1 is 1.00 bits per heavy atom. The number of hydrogen-bond donors (Lipinski definition) is 9. The molecule has 0 saturated carbocycles. The maximum absolute atomic E-state index is 13.8.